The zero-order valence-corrected chi connectivity index (χ0v) is 15.9. The molecule has 29 heavy (non-hydrogen) atoms. The quantitative estimate of drug-likeness (QED) is 0.402. The molecule has 0 saturated carbocycles. The number of nitrogens with one attached hydrogen (secondary N) is 2. The lowest BCUT2D eigenvalue weighted by Crippen LogP contribution is -2.40. The molecule has 2 aromatic rings. The van der Waals surface area contributed by atoms with E-state index in [1.54, 1.807) is 7.05 Å². The minimum Gasteiger partial charge on any atom is -0.378 e. The average Bonchev–Trinajstić information content (AvgIpc) is 2.69. The van der Waals surface area contributed by atoms with Crippen molar-refractivity contribution in [2.24, 2.45) is 0 Å². The number of hydrogen-bond donors (Lipinski definition) is 2. The van der Waals surface area contributed by atoms with Crippen LogP contribution in [0.2, 0.25) is 0 Å². The van der Waals surface area contributed by atoms with Crippen LogP contribution in [0.15, 0.2) is 48.5 Å². The van der Waals surface area contributed by atoms with Gasteiger partial charge in [0, 0.05) is 26.2 Å². The number of benzene rings is 2. The SMILES string of the molecule is C[C@@H](c1ccccc1)N(C)C(=O)NCCNc1ccc(C(F)(F)F)cc1[N+](=O)[O-]. The number of anilines is 1. The monoisotopic (exact) mass is 410 g/mol. The standard InChI is InChI=1S/C19H21F3N4O3/c1-13(14-6-4-3-5-7-14)25(2)18(27)24-11-10-23-16-9-8-15(19(20,21)22)12-17(16)26(28)29/h3-9,12-13,23H,10-11H2,1-2H3,(H,24,27)/t13-/m0/s1. The molecular weight excluding hydrogens is 389 g/mol. The van der Waals surface area contributed by atoms with Gasteiger partial charge < -0.3 is 15.5 Å². The summed E-state index contributed by atoms with van der Waals surface area (Å²) in [6.45, 7) is 2.10. The van der Waals surface area contributed by atoms with Crippen LogP contribution in [0.25, 0.3) is 0 Å². The summed E-state index contributed by atoms with van der Waals surface area (Å²) in [4.78, 5) is 23.9. The van der Waals surface area contributed by atoms with Crippen LogP contribution in [-0.2, 0) is 6.18 Å². The van der Waals surface area contributed by atoms with Crippen LogP contribution >= 0.6 is 0 Å². The van der Waals surface area contributed by atoms with Crippen molar-refractivity contribution in [3.63, 3.8) is 0 Å². The van der Waals surface area contributed by atoms with Crippen molar-refractivity contribution in [1.82, 2.24) is 10.2 Å². The predicted octanol–water partition coefficient (Wildman–Crippen LogP) is 4.43. The lowest BCUT2D eigenvalue weighted by molar-refractivity contribution is -0.384. The average molecular weight is 410 g/mol. The van der Waals surface area contributed by atoms with Crippen LogP contribution in [0.5, 0.6) is 0 Å². The summed E-state index contributed by atoms with van der Waals surface area (Å²) >= 11 is 0. The summed E-state index contributed by atoms with van der Waals surface area (Å²) in [6.07, 6.45) is -4.67. The molecule has 0 fully saturated rings. The summed E-state index contributed by atoms with van der Waals surface area (Å²) < 4.78 is 38.2. The van der Waals surface area contributed by atoms with Crippen LogP contribution in [0, 0.1) is 10.1 Å². The van der Waals surface area contributed by atoms with Gasteiger partial charge in [0.05, 0.1) is 16.5 Å². The molecule has 0 unspecified atom stereocenters. The molecule has 7 nitrogen and oxygen atoms in total. The zero-order valence-electron chi connectivity index (χ0n) is 15.9. The number of carbonyl (C=O) groups is 1. The first-order chi connectivity index (χ1) is 13.6. The molecule has 2 aromatic carbocycles. The molecule has 10 heteroatoms. The Morgan fingerprint density at radius 2 is 1.83 bits per heavy atom. The highest BCUT2D eigenvalue weighted by atomic mass is 19.4. The van der Waals surface area contributed by atoms with E-state index in [0.717, 1.165) is 17.7 Å². The van der Waals surface area contributed by atoms with Gasteiger partial charge in [-0.2, -0.15) is 13.2 Å². The molecule has 2 N–H and O–H groups in total. The van der Waals surface area contributed by atoms with Crippen LogP contribution in [0.3, 0.4) is 0 Å². The van der Waals surface area contributed by atoms with Crippen LogP contribution in [0.1, 0.15) is 24.1 Å². The van der Waals surface area contributed by atoms with Crippen LogP contribution in [-0.4, -0.2) is 36.0 Å². The lowest BCUT2D eigenvalue weighted by atomic mass is 10.1. The van der Waals surface area contributed by atoms with Gasteiger partial charge >= 0.3 is 12.2 Å². The molecule has 156 valence electrons. The second-order valence-electron chi connectivity index (χ2n) is 6.34. The van der Waals surface area contributed by atoms with Crippen molar-refractivity contribution in [3.8, 4) is 0 Å². The molecule has 0 bridgehead atoms. The summed E-state index contributed by atoms with van der Waals surface area (Å²) in [5, 5.41) is 16.4. The van der Waals surface area contributed by atoms with Crippen LogP contribution < -0.4 is 10.6 Å². The van der Waals surface area contributed by atoms with E-state index in [1.807, 2.05) is 37.3 Å². The number of nitro groups is 1. The van der Waals surface area contributed by atoms with E-state index in [2.05, 4.69) is 10.6 Å². The van der Waals surface area contributed by atoms with E-state index in [1.165, 1.54) is 4.90 Å². The number of amides is 2. The minimum absolute atomic E-state index is 0.0525. The fraction of sp³-hybridized carbons (Fsp3) is 0.316. The highest BCUT2D eigenvalue weighted by Gasteiger charge is 2.33. The lowest BCUT2D eigenvalue weighted by Gasteiger charge is -2.25. The molecule has 0 aliphatic carbocycles. The van der Waals surface area contributed by atoms with Gasteiger partial charge in [-0.05, 0) is 24.6 Å². The third kappa shape index (κ3) is 5.84. The summed E-state index contributed by atoms with van der Waals surface area (Å²) in [7, 11) is 1.64. The molecule has 1 atom stereocenters. The van der Waals surface area contributed by atoms with Gasteiger partial charge in [0.25, 0.3) is 5.69 Å². The zero-order chi connectivity index (χ0) is 21.6. The number of halogens is 3. The number of hydrogen-bond acceptors (Lipinski definition) is 4. The van der Waals surface area contributed by atoms with Crippen molar-refractivity contribution < 1.29 is 22.9 Å². The predicted molar refractivity (Wildman–Crippen MR) is 103 cm³/mol. The molecule has 0 saturated heterocycles. The number of nitrogens with zero attached hydrogens (tertiary/aromatic N) is 2. The molecule has 0 heterocycles. The Morgan fingerprint density at radius 3 is 2.41 bits per heavy atom. The smallest absolute Gasteiger partial charge is 0.378 e. The second-order valence-corrected chi connectivity index (χ2v) is 6.34. The Bertz CT molecular complexity index is 860. The Morgan fingerprint density at radius 1 is 1.17 bits per heavy atom. The molecule has 2 rings (SSSR count). The first-order valence-corrected chi connectivity index (χ1v) is 8.76. The van der Waals surface area contributed by atoms with E-state index in [4.69, 9.17) is 0 Å². The van der Waals surface area contributed by atoms with E-state index in [9.17, 15) is 28.1 Å². The number of nitro benzene ring substituents is 1. The van der Waals surface area contributed by atoms with Gasteiger partial charge in [0.15, 0.2) is 0 Å². The second kappa shape index (κ2) is 9.26. The van der Waals surface area contributed by atoms with E-state index in [-0.39, 0.29) is 30.8 Å². The molecular formula is C19H21F3N4O3. The van der Waals surface area contributed by atoms with Gasteiger partial charge in [-0.1, -0.05) is 30.3 Å². The Kier molecular flexibility index (Phi) is 7.03. The van der Waals surface area contributed by atoms with E-state index in [0.29, 0.717) is 6.07 Å². The highest BCUT2D eigenvalue weighted by Crippen LogP contribution is 2.34. The normalized spacial score (nSPS) is 12.2. The maximum absolute atomic E-state index is 12.7. The number of carbonyl (C=O) groups excluding carboxylic acids is 1. The highest BCUT2D eigenvalue weighted by molar-refractivity contribution is 5.74. The molecule has 0 radical (unpaired) electrons. The number of rotatable bonds is 7. The number of alkyl halides is 3. The topological polar surface area (TPSA) is 87.5 Å². The summed E-state index contributed by atoms with van der Waals surface area (Å²) in [6, 6.07) is 11.2. The molecule has 0 spiro atoms. The van der Waals surface area contributed by atoms with Crippen molar-refractivity contribution >= 4 is 17.4 Å². The van der Waals surface area contributed by atoms with E-state index < -0.39 is 22.4 Å². The Balaban J connectivity index is 1.91. The molecule has 0 aliphatic heterocycles. The van der Waals surface area contributed by atoms with Crippen molar-refractivity contribution in [1.29, 1.82) is 0 Å². The van der Waals surface area contributed by atoms with Gasteiger partial charge in [-0.25, -0.2) is 4.79 Å². The third-order valence-electron chi connectivity index (χ3n) is 4.42. The third-order valence-corrected chi connectivity index (χ3v) is 4.42. The molecule has 2 amide bonds. The first kappa shape index (κ1) is 22.0. The number of urea groups is 1. The minimum atomic E-state index is -4.67. The van der Waals surface area contributed by atoms with Crippen LogP contribution in [0.4, 0.5) is 29.3 Å². The van der Waals surface area contributed by atoms with Gasteiger partial charge in [0.2, 0.25) is 0 Å². The van der Waals surface area contributed by atoms with Gasteiger partial charge in [-0.15, -0.1) is 0 Å². The van der Waals surface area contributed by atoms with Gasteiger partial charge in [-0.3, -0.25) is 10.1 Å². The Labute approximate surface area is 165 Å². The van der Waals surface area contributed by atoms with Gasteiger partial charge in [0.1, 0.15) is 5.69 Å². The van der Waals surface area contributed by atoms with Crippen molar-refractivity contribution in [2.75, 3.05) is 25.5 Å². The van der Waals surface area contributed by atoms with Crippen molar-refractivity contribution in [3.05, 3.63) is 69.8 Å². The fourth-order valence-corrected chi connectivity index (χ4v) is 2.63. The first-order valence-electron chi connectivity index (χ1n) is 8.76. The molecule has 0 aliphatic rings. The van der Waals surface area contributed by atoms with E-state index >= 15 is 0 Å². The van der Waals surface area contributed by atoms with Crippen molar-refractivity contribution in [2.45, 2.75) is 19.1 Å². The largest absolute Gasteiger partial charge is 0.416 e. The fourth-order valence-electron chi connectivity index (χ4n) is 2.63. The summed E-state index contributed by atoms with van der Waals surface area (Å²) in [5.74, 6) is 0. The maximum Gasteiger partial charge on any atom is 0.416 e. The molecule has 0 aromatic heterocycles. The Hall–Kier alpha value is -3.30. The summed E-state index contributed by atoms with van der Waals surface area (Å²) in [5.41, 5.74) is -0.868. The maximum atomic E-state index is 12.7.